The van der Waals surface area contributed by atoms with Gasteiger partial charge in [0.2, 0.25) is 5.91 Å². The number of hydrogen-bond donors (Lipinski definition) is 1. The molecule has 1 aliphatic heterocycles. The lowest BCUT2D eigenvalue weighted by molar-refractivity contribution is -0.141. The molecule has 1 unspecified atom stereocenters. The molecule has 0 saturated carbocycles. The van der Waals surface area contributed by atoms with E-state index in [0.717, 1.165) is 49.0 Å². The Kier molecular flexibility index (Phi) is 7.09. The monoisotopic (exact) mass is 575 g/mol. The van der Waals surface area contributed by atoms with Crippen molar-refractivity contribution < 1.29 is 14.7 Å². The Balaban J connectivity index is 1.69. The minimum absolute atomic E-state index is 0.130. The fourth-order valence-corrected chi connectivity index (χ4v) is 5.22. The van der Waals surface area contributed by atoms with Crippen LogP contribution in [0.2, 0.25) is 5.02 Å². The number of carboxylic acid groups (broad SMARTS) is 1. The van der Waals surface area contributed by atoms with Gasteiger partial charge in [0.25, 0.3) is 0 Å². The lowest BCUT2D eigenvalue weighted by atomic mass is 9.89. The number of benzene rings is 3. The molecule has 0 bridgehead atoms. The number of hydrazone groups is 1. The Morgan fingerprint density at radius 2 is 1.76 bits per heavy atom. The van der Waals surface area contributed by atoms with Gasteiger partial charge in [-0.3, -0.25) is 14.6 Å². The molecule has 1 aromatic heterocycles. The zero-order chi connectivity index (χ0) is 26.1. The van der Waals surface area contributed by atoms with Crippen molar-refractivity contribution in [3.63, 3.8) is 0 Å². The summed E-state index contributed by atoms with van der Waals surface area (Å²) in [6, 6.07) is 23.0. The topological polar surface area (TPSA) is 82.9 Å². The van der Waals surface area contributed by atoms with E-state index in [1.807, 2.05) is 79.7 Å². The summed E-state index contributed by atoms with van der Waals surface area (Å²) < 4.78 is 0.928. The quantitative estimate of drug-likeness (QED) is 0.264. The number of carboxylic acids is 1. The van der Waals surface area contributed by atoms with Crippen LogP contribution in [0.4, 0.5) is 0 Å². The van der Waals surface area contributed by atoms with Crippen LogP contribution in [0.3, 0.4) is 0 Å². The summed E-state index contributed by atoms with van der Waals surface area (Å²) in [4.78, 5) is 29.2. The first kappa shape index (κ1) is 25.1. The van der Waals surface area contributed by atoms with Crippen LogP contribution < -0.4 is 0 Å². The third kappa shape index (κ3) is 5.15. The molecule has 1 atom stereocenters. The van der Waals surface area contributed by atoms with Crippen LogP contribution >= 0.6 is 27.5 Å². The number of aromatic nitrogens is 1. The Morgan fingerprint density at radius 1 is 1.03 bits per heavy atom. The zero-order valence-electron chi connectivity index (χ0n) is 20.0. The molecule has 186 valence electrons. The van der Waals surface area contributed by atoms with Crippen molar-refractivity contribution >= 4 is 56.0 Å². The maximum Gasteiger partial charge on any atom is 0.303 e. The molecule has 0 fully saturated rings. The molecule has 1 aliphatic rings. The first-order valence-electron chi connectivity index (χ1n) is 11.8. The predicted molar refractivity (Wildman–Crippen MR) is 149 cm³/mol. The van der Waals surface area contributed by atoms with E-state index < -0.39 is 5.97 Å². The Morgan fingerprint density at radius 3 is 2.46 bits per heavy atom. The van der Waals surface area contributed by atoms with E-state index in [4.69, 9.17) is 26.8 Å². The summed E-state index contributed by atoms with van der Waals surface area (Å²) in [6.07, 6.45) is 0.0850. The largest absolute Gasteiger partial charge is 0.481 e. The van der Waals surface area contributed by atoms with Crippen LogP contribution in [0, 0.1) is 6.92 Å². The third-order valence-corrected chi connectivity index (χ3v) is 7.22. The minimum atomic E-state index is -1.02. The van der Waals surface area contributed by atoms with Crippen LogP contribution in [-0.2, 0) is 9.59 Å². The normalized spacial score (nSPS) is 15.2. The van der Waals surface area contributed by atoms with E-state index in [9.17, 15) is 9.59 Å². The molecular weight excluding hydrogens is 554 g/mol. The summed E-state index contributed by atoms with van der Waals surface area (Å²) in [5.41, 5.74) is 6.07. The van der Waals surface area contributed by atoms with E-state index in [2.05, 4.69) is 15.9 Å². The SMILES string of the molecule is Cc1nc2ccc(Cl)cc2c(-c2ccccc2)c1C1=NN(C(=O)CCC(=O)O)C(c2ccc(Br)cc2)C1. The molecule has 1 N–H and O–H groups in total. The van der Waals surface area contributed by atoms with Gasteiger partial charge in [-0.25, -0.2) is 5.01 Å². The highest BCUT2D eigenvalue weighted by molar-refractivity contribution is 9.10. The first-order valence-corrected chi connectivity index (χ1v) is 13.0. The van der Waals surface area contributed by atoms with E-state index in [-0.39, 0.29) is 24.8 Å². The standard InChI is InChI=1S/C29H23BrClN3O3/c1-17-28(29(19-5-3-2-4-6-19)22-15-21(31)11-12-23(22)32-17)24-16-25(18-7-9-20(30)10-8-18)34(33-24)26(35)13-14-27(36)37/h2-12,15,25H,13-14,16H2,1H3,(H,36,37). The Hall–Kier alpha value is -3.55. The molecule has 0 saturated heterocycles. The van der Waals surface area contributed by atoms with Crippen LogP contribution in [0.15, 0.2) is 82.4 Å². The fourth-order valence-electron chi connectivity index (χ4n) is 4.78. The Bertz CT molecular complexity index is 1540. The smallest absolute Gasteiger partial charge is 0.303 e. The van der Waals surface area contributed by atoms with E-state index in [1.54, 1.807) is 0 Å². The highest BCUT2D eigenvalue weighted by atomic mass is 79.9. The molecule has 5 rings (SSSR count). The highest BCUT2D eigenvalue weighted by Gasteiger charge is 2.35. The van der Waals surface area contributed by atoms with Gasteiger partial charge in [0.15, 0.2) is 0 Å². The molecule has 8 heteroatoms. The number of pyridine rings is 1. The van der Waals surface area contributed by atoms with Gasteiger partial charge in [-0.15, -0.1) is 0 Å². The molecule has 4 aromatic rings. The number of aryl methyl sites for hydroxylation is 1. The van der Waals surface area contributed by atoms with Crippen molar-refractivity contribution in [3.05, 3.63) is 99.1 Å². The maximum absolute atomic E-state index is 13.2. The minimum Gasteiger partial charge on any atom is -0.481 e. The van der Waals surface area contributed by atoms with Gasteiger partial charge in [-0.2, -0.15) is 5.10 Å². The van der Waals surface area contributed by atoms with Crippen LogP contribution in [0.1, 0.15) is 42.1 Å². The van der Waals surface area contributed by atoms with Gasteiger partial charge in [0.1, 0.15) is 0 Å². The third-order valence-electron chi connectivity index (χ3n) is 6.45. The lowest BCUT2D eigenvalue weighted by Crippen LogP contribution is -2.27. The summed E-state index contributed by atoms with van der Waals surface area (Å²) in [7, 11) is 0. The van der Waals surface area contributed by atoms with Gasteiger partial charge >= 0.3 is 5.97 Å². The predicted octanol–water partition coefficient (Wildman–Crippen LogP) is 7.17. The number of aliphatic carboxylic acids is 1. The number of fused-ring (bicyclic) bond motifs is 1. The van der Waals surface area contributed by atoms with E-state index in [0.29, 0.717) is 11.4 Å². The second-order valence-corrected chi connectivity index (χ2v) is 10.3. The van der Waals surface area contributed by atoms with Gasteiger partial charge in [0.05, 0.1) is 23.7 Å². The first-order chi connectivity index (χ1) is 17.8. The van der Waals surface area contributed by atoms with E-state index in [1.165, 1.54) is 5.01 Å². The van der Waals surface area contributed by atoms with Crippen LogP contribution in [-0.4, -0.2) is 32.7 Å². The number of carbonyl (C=O) groups is 2. The maximum atomic E-state index is 13.2. The number of carbonyl (C=O) groups excluding carboxylic acids is 1. The molecular formula is C29H23BrClN3O3. The molecule has 2 heterocycles. The molecule has 37 heavy (non-hydrogen) atoms. The zero-order valence-corrected chi connectivity index (χ0v) is 22.3. The number of rotatable bonds is 6. The number of nitrogens with zero attached hydrogens (tertiary/aromatic N) is 3. The summed E-state index contributed by atoms with van der Waals surface area (Å²) in [5.74, 6) is -1.35. The molecule has 0 spiro atoms. The molecule has 0 radical (unpaired) electrons. The summed E-state index contributed by atoms with van der Waals surface area (Å²) in [5, 5.41) is 16.9. The summed E-state index contributed by atoms with van der Waals surface area (Å²) >= 11 is 9.88. The van der Waals surface area contributed by atoms with Gasteiger partial charge < -0.3 is 5.11 Å². The Labute approximate surface area is 227 Å². The molecule has 1 amide bonds. The van der Waals surface area contributed by atoms with Gasteiger partial charge in [0, 0.05) is 44.5 Å². The molecule has 3 aromatic carbocycles. The van der Waals surface area contributed by atoms with Gasteiger partial charge in [-0.05, 0) is 48.4 Å². The average molecular weight is 577 g/mol. The number of hydrogen-bond acceptors (Lipinski definition) is 4. The highest BCUT2D eigenvalue weighted by Crippen LogP contribution is 2.40. The van der Waals surface area contributed by atoms with Gasteiger partial charge in [-0.1, -0.05) is 70.0 Å². The van der Waals surface area contributed by atoms with Crippen LogP contribution in [0.5, 0.6) is 0 Å². The molecule has 0 aliphatic carbocycles. The second-order valence-electron chi connectivity index (χ2n) is 8.92. The lowest BCUT2D eigenvalue weighted by Gasteiger charge is -2.22. The van der Waals surface area contributed by atoms with Crippen molar-refractivity contribution in [2.45, 2.75) is 32.2 Å². The van der Waals surface area contributed by atoms with Crippen molar-refractivity contribution in [2.24, 2.45) is 5.10 Å². The fraction of sp³-hybridized carbons (Fsp3) is 0.172. The van der Waals surface area contributed by atoms with E-state index >= 15 is 0 Å². The second kappa shape index (κ2) is 10.4. The van der Waals surface area contributed by atoms with Crippen molar-refractivity contribution in [2.75, 3.05) is 0 Å². The van der Waals surface area contributed by atoms with Crippen molar-refractivity contribution in [1.82, 2.24) is 9.99 Å². The van der Waals surface area contributed by atoms with Crippen LogP contribution in [0.25, 0.3) is 22.0 Å². The number of halogens is 2. The summed E-state index contributed by atoms with van der Waals surface area (Å²) in [6.45, 7) is 1.95. The average Bonchev–Trinajstić information content (AvgIpc) is 3.32. The van der Waals surface area contributed by atoms with Crippen molar-refractivity contribution in [1.29, 1.82) is 0 Å². The van der Waals surface area contributed by atoms with Crippen molar-refractivity contribution in [3.8, 4) is 11.1 Å². The molecule has 6 nitrogen and oxygen atoms in total. The number of amides is 1.